The van der Waals surface area contributed by atoms with Crippen molar-refractivity contribution in [1.29, 1.82) is 0 Å². The van der Waals surface area contributed by atoms with E-state index in [0.717, 1.165) is 30.1 Å². The van der Waals surface area contributed by atoms with E-state index in [1.807, 2.05) is 33.8 Å². The van der Waals surface area contributed by atoms with Gasteiger partial charge in [0.1, 0.15) is 68.3 Å². The minimum Gasteiger partial charge on any atom is -0.479 e. The lowest BCUT2D eigenvalue weighted by molar-refractivity contribution is -0.271. The van der Waals surface area contributed by atoms with Gasteiger partial charge in [0.25, 0.3) is 11.8 Å². The summed E-state index contributed by atoms with van der Waals surface area (Å²) in [4.78, 5) is 140. The summed E-state index contributed by atoms with van der Waals surface area (Å²) in [6.45, 7) is 10.5. The van der Waals surface area contributed by atoms with Crippen LogP contribution in [0, 0.1) is 22.2 Å². The fraction of sp³-hybridized carbons (Fsp3) is 0.576. The summed E-state index contributed by atoms with van der Waals surface area (Å²) in [5.41, 5.74) is -1.50. The Labute approximate surface area is 507 Å². The number of carboxylic acid groups (broad SMARTS) is 2. The number of benzene rings is 1. The number of aldehydes is 1. The zero-order valence-corrected chi connectivity index (χ0v) is 50.0. The van der Waals surface area contributed by atoms with Crippen molar-refractivity contribution in [2.45, 2.75) is 155 Å². The topological polar surface area (TPSA) is 428 Å². The van der Waals surface area contributed by atoms with Crippen LogP contribution in [0.5, 0.6) is 5.75 Å². The third kappa shape index (κ3) is 18.1. The third-order valence-corrected chi connectivity index (χ3v) is 16.5. The van der Waals surface area contributed by atoms with Gasteiger partial charge in [-0.3, -0.25) is 33.7 Å². The minimum atomic E-state index is -2.06. The second kappa shape index (κ2) is 31.8. The van der Waals surface area contributed by atoms with Crippen molar-refractivity contribution in [1.82, 2.24) is 26.2 Å². The summed E-state index contributed by atoms with van der Waals surface area (Å²) in [6.07, 6.45) is -2.65. The fourth-order valence-corrected chi connectivity index (χ4v) is 10.6. The molecule has 1 aliphatic carbocycles. The predicted octanol–water partition coefficient (Wildman–Crippen LogP) is 0.212. The Morgan fingerprint density at radius 3 is 2.18 bits per heavy atom. The number of aliphatic hydroxyl groups is 4. The molecule has 0 radical (unpaired) electrons. The van der Waals surface area contributed by atoms with Gasteiger partial charge in [-0.2, -0.15) is 0 Å². The number of nitrogens with zero attached hydrogens (tertiary/aromatic N) is 1. The van der Waals surface area contributed by atoms with Gasteiger partial charge in [-0.05, 0) is 75.5 Å². The van der Waals surface area contributed by atoms with E-state index in [1.165, 1.54) is 50.3 Å². The van der Waals surface area contributed by atoms with E-state index < -0.39 is 156 Å². The molecule has 2 saturated heterocycles. The average Bonchev–Trinajstić information content (AvgIpc) is 0.800. The summed E-state index contributed by atoms with van der Waals surface area (Å²) < 4.78 is 34.9. The first-order valence-electron chi connectivity index (χ1n) is 28.6. The van der Waals surface area contributed by atoms with E-state index >= 15 is 0 Å². The highest BCUT2D eigenvalue weighted by Crippen LogP contribution is 2.62. The molecule has 0 saturated carbocycles. The van der Waals surface area contributed by atoms with Crippen LogP contribution in [-0.2, 0) is 78.2 Å². The summed E-state index contributed by atoms with van der Waals surface area (Å²) in [5, 5.41) is 72.8. The van der Waals surface area contributed by atoms with Gasteiger partial charge in [0.15, 0.2) is 6.10 Å². The van der Waals surface area contributed by atoms with Crippen LogP contribution >= 0.6 is 0 Å². The van der Waals surface area contributed by atoms with Crippen LogP contribution in [0.15, 0.2) is 66.3 Å². The van der Waals surface area contributed by atoms with Gasteiger partial charge < -0.3 is 90.4 Å². The Morgan fingerprint density at radius 2 is 1.55 bits per heavy atom. The third-order valence-electron chi connectivity index (χ3n) is 16.5. The maximum atomic E-state index is 14.5. The zero-order chi connectivity index (χ0) is 65.3. The molecule has 88 heavy (non-hydrogen) atoms. The maximum Gasteiger partial charge on any atom is 0.408 e. The molecule has 1 aromatic rings. The lowest BCUT2D eigenvalue weighted by Gasteiger charge is -2.62. The number of fused-ring (bicyclic) bond motifs is 1. The van der Waals surface area contributed by atoms with Crippen LogP contribution in [0.4, 0.5) is 10.5 Å². The number of allylic oxidation sites excluding steroid dienone is 3. The Hall–Kier alpha value is -7.93. The maximum absolute atomic E-state index is 14.5. The van der Waals surface area contributed by atoms with Crippen LogP contribution in [0.1, 0.15) is 92.6 Å². The first-order chi connectivity index (χ1) is 41.5. The molecule has 29 heteroatoms. The van der Waals surface area contributed by atoms with E-state index in [9.17, 15) is 78.3 Å². The molecule has 0 aromatic heterocycles. The highest BCUT2D eigenvalue weighted by Gasteiger charge is 2.65. The quantitative estimate of drug-likeness (QED) is 0.0118. The number of nitrogens with one attached hydrogen (secondary N) is 5. The highest BCUT2D eigenvalue weighted by atomic mass is 16.7. The monoisotopic (exact) mass is 1240 g/mol. The molecular weight excluding hydrogens is 1160 g/mol. The van der Waals surface area contributed by atoms with Crippen LogP contribution in [-0.4, -0.2) is 202 Å². The van der Waals surface area contributed by atoms with Gasteiger partial charge in [-0.1, -0.05) is 63.6 Å². The molecule has 1 aromatic carbocycles. The van der Waals surface area contributed by atoms with Crippen LogP contribution < -0.4 is 31.3 Å². The van der Waals surface area contributed by atoms with E-state index in [0.29, 0.717) is 24.2 Å². The number of hydrogen-bond donors (Lipinski definition) is 11. The predicted molar refractivity (Wildman–Crippen MR) is 306 cm³/mol. The molecule has 484 valence electrons. The average molecular weight is 1240 g/mol. The number of aliphatic carboxylic acids is 2. The molecule has 0 unspecified atom stereocenters. The van der Waals surface area contributed by atoms with Gasteiger partial charge in [-0.15, -0.1) is 0 Å². The SMILES string of the molecule is CC[C@@]1(C)[C@@]2(COC(=O)[C@@H](NC(=O)[C@@H](C)NC(=O)OCc3ccc(O[C@@H]4O[C@H](C(=O)O)[C@@H](O)[C@H](O)[C@H]4O)c(NC(=O)CCNC(=O)CCNC(=O)CN4C(=O)C=CC4=O)c3)[C@H](C)CCO[C@H](/C=C/C=C\C(=O)O)[C@@H](C)O)CCC(C)=C[C@H]2OC[C@@]1(C)C=O. The molecule has 3 aliphatic heterocycles. The number of carbonyl (C=O) groups is 11. The van der Waals surface area contributed by atoms with Crippen molar-refractivity contribution in [3.63, 3.8) is 0 Å². The molecule has 29 nitrogen and oxygen atoms in total. The standard InChI is InChI=1S/C59H80N6O23/c1-8-58(7)57(6,29-66)30-85-40-25-32(2)17-21-59(40,58)31-86-54(81)47(33(3)20-24-83-38(35(5)67)11-9-10-12-46(73)74)64-52(78)34(4)62-56(82)84-28-36-13-14-39(87-55-50(77)48(75)49(76)51(88-55)53(79)80)37(26-36)63-42(69)19-23-60-41(68)18-22-61-43(70)27-65-44(71)15-16-45(65)72/h9-16,25-26,29,33-35,38,40,47-51,55,67,75-77H,8,17-24,27-28,30-31H2,1-7H3,(H,60,68)(H,61,70)(H,62,82)(H,63,69)(H,64,78)(H,73,74)(H,79,80)/b11-9+,12-10-/t33-,34-,35-,38-,40-,47+,48+,49+,50-,51+,55-,57-,58-,59-/m1/s1. The molecule has 5 rings (SSSR count). The van der Waals surface area contributed by atoms with Gasteiger partial charge >= 0.3 is 24.0 Å². The number of aliphatic hydroxyl groups excluding tert-OH is 4. The zero-order valence-electron chi connectivity index (χ0n) is 50.0. The lowest BCUT2D eigenvalue weighted by Crippen LogP contribution is -2.65. The fourth-order valence-electron chi connectivity index (χ4n) is 10.6. The molecular formula is C59H80N6O23. The summed E-state index contributed by atoms with van der Waals surface area (Å²) in [7, 11) is 0. The number of carboxylic acids is 2. The summed E-state index contributed by atoms with van der Waals surface area (Å²) in [6, 6.07) is 1.03. The van der Waals surface area contributed by atoms with Gasteiger partial charge in [0.05, 0.1) is 29.9 Å². The smallest absolute Gasteiger partial charge is 0.408 e. The second-order valence-corrected chi connectivity index (χ2v) is 22.6. The summed E-state index contributed by atoms with van der Waals surface area (Å²) >= 11 is 0. The Bertz CT molecular complexity index is 2860. The van der Waals surface area contributed by atoms with Crippen molar-refractivity contribution in [3.05, 3.63) is 71.9 Å². The number of imide groups is 1. The number of alkyl carbamates (subject to hydrolysis) is 1. The summed E-state index contributed by atoms with van der Waals surface area (Å²) in [5.74, 6) is -8.97. The lowest BCUT2D eigenvalue weighted by atomic mass is 9.46. The number of anilines is 1. The number of ether oxygens (including phenoxy) is 6. The van der Waals surface area contributed by atoms with E-state index in [-0.39, 0.29) is 69.2 Å². The van der Waals surface area contributed by atoms with Crippen molar-refractivity contribution in [2.75, 3.05) is 44.8 Å². The van der Waals surface area contributed by atoms with Crippen molar-refractivity contribution in [2.24, 2.45) is 22.2 Å². The molecule has 0 bridgehead atoms. The largest absolute Gasteiger partial charge is 0.479 e. The molecule has 2 fully saturated rings. The number of carbonyl (C=O) groups excluding carboxylic acids is 9. The number of amides is 7. The van der Waals surface area contributed by atoms with Crippen molar-refractivity contribution in [3.8, 4) is 5.75 Å². The van der Waals surface area contributed by atoms with Gasteiger partial charge in [0, 0.05) is 56.2 Å². The Kier molecular flexibility index (Phi) is 25.6. The van der Waals surface area contributed by atoms with E-state index in [4.69, 9.17) is 33.5 Å². The molecule has 11 N–H and O–H groups in total. The first-order valence-corrected chi connectivity index (χ1v) is 28.6. The molecule has 3 heterocycles. The molecule has 14 atom stereocenters. The number of hydrogen-bond acceptors (Lipinski definition) is 21. The van der Waals surface area contributed by atoms with Crippen molar-refractivity contribution < 1.29 is 112 Å². The van der Waals surface area contributed by atoms with Crippen LogP contribution in [0.3, 0.4) is 0 Å². The molecule has 7 amide bonds. The number of esters is 1. The Balaban J connectivity index is 1.27. The van der Waals surface area contributed by atoms with Crippen molar-refractivity contribution >= 4 is 71.4 Å². The van der Waals surface area contributed by atoms with E-state index in [2.05, 4.69) is 26.6 Å². The Morgan fingerprint density at radius 1 is 0.875 bits per heavy atom. The highest BCUT2D eigenvalue weighted by molar-refractivity contribution is 6.14. The van der Waals surface area contributed by atoms with Gasteiger partial charge in [0.2, 0.25) is 29.9 Å². The van der Waals surface area contributed by atoms with Crippen LogP contribution in [0.2, 0.25) is 0 Å². The number of rotatable bonds is 31. The minimum absolute atomic E-state index is 0.0647. The first kappa shape index (κ1) is 70.8. The molecule has 0 spiro atoms. The normalized spacial score (nSPS) is 26.8. The molecule has 4 aliphatic rings. The van der Waals surface area contributed by atoms with E-state index in [1.54, 1.807) is 6.92 Å². The second-order valence-electron chi connectivity index (χ2n) is 22.6. The van der Waals surface area contributed by atoms with Gasteiger partial charge in [-0.25, -0.2) is 19.2 Å². The van der Waals surface area contributed by atoms with Crippen LogP contribution in [0.25, 0.3) is 0 Å².